The van der Waals surface area contributed by atoms with E-state index in [2.05, 4.69) is 60.0 Å². The van der Waals surface area contributed by atoms with E-state index in [1.165, 1.54) is 27.8 Å². The monoisotopic (exact) mass is 274 g/mol. The molecule has 0 saturated carbocycles. The van der Waals surface area contributed by atoms with Crippen LogP contribution in [0.15, 0.2) is 54.6 Å². The van der Waals surface area contributed by atoms with Gasteiger partial charge in [-0.15, -0.1) is 0 Å². The van der Waals surface area contributed by atoms with E-state index in [0.29, 0.717) is 5.92 Å². The maximum Gasteiger partial charge on any atom is 0.0558 e. The number of aromatic nitrogens is 1. The van der Waals surface area contributed by atoms with E-state index in [9.17, 15) is 0 Å². The third kappa shape index (κ3) is 1.79. The molecule has 0 fully saturated rings. The van der Waals surface area contributed by atoms with Gasteiger partial charge >= 0.3 is 0 Å². The zero-order chi connectivity index (χ0) is 14.4. The van der Waals surface area contributed by atoms with E-state index < -0.39 is 0 Å². The van der Waals surface area contributed by atoms with E-state index in [-0.39, 0.29) is 0 Å². The summed E-state index contributed by atoms with van der Waals surface area (Å²) in [6, 6.07) is 16.7. The fraction of sp³-hybridized carbons (Fsp3) is 0.158. The van der Waals surface area contributed by atoms with Gasteiger partial charge in [0.2, 0.25) is 0 Å². The molecule has 104 valence electrons. The predicted molar refractivity (Wildman–Crippen MR) is 89.6 cm³/mol. The van der Waals surface area contributed by atoms with Gasteiger partial charge in [-0.2, -0.15) is 0 Å². The number of fused-ring (bicyclic) bond motifs is 3. The van der Waals surface area contributed by atoms with Gasteiger partial charge in [-0.25, -0.2) is 0 Å². The fourth-order valence-corrected chi connectivity index (χ4v) is 3.33. The van der Waals surface area contributed by atoms with Gasteiger partial charge in [0.05, 0.1) is 5.52 Å². The van der Waals surface area contributed by atoms with Crippen LogP contribution in [0.2, 0.25) is 0 Å². The molecule has 0 amide bonds. The lowest BCUT2D eigenvalue weighted by Gasteiger charge is -2.17. The Morgan fingerprint density at radius 3 is 2.67 bits per heavy atom. The second kappa shape index (κ2) is 4.52. The molecule has 0 saturated heterocycles. The second-order valence-electron chi connectivity index (χ2n) is 5.81. The van der Waals surface area contributed by atoms with Gasteiger partial charge in [-0.3, -0.25) is 0 Å². The van der Waals surface area contributed by atoms with Crippen LogP contribution in [0.5, 0.6) is 0 Å². The molecule has 0 bridgehead atoms. The molecule has 0 radical (unpaired) electrons. The minimum absolute atomic E-state index is 0.561. The molecule has 4 rings (SSSR count). The van der Waals surface area contributed by atoms with Crippen molar-refractivity contribution in [2.75, 3.05) is 5.73 Å². The quantitative estimate of drug-likeness (QED) is 0.654. The van der Waals surface area contributed by atoms with Crippen molar-refractivity contribution in [3.8, 4) is 5.69 Å². The molecule has 3 aromatic rings. The number of allylic oxidation sites excluding steroid dienone is 1. The first kappa shape index (κ1) is 12.3. The lowest BCUT2D eigenvalue weighted by molar-refractivity contribution is 0.690. The Kier molecular flexibility index (Phi) is 2.64. The Balaban J connectivity index is 2.13. The lowest BCUT2D eigenvalue weighted by atomic mass is 9.94. The van der Waals surface area contributed by atoms with Crippen molar-refractivity contribution in [2.45, 2.75) is 13.3 Å². The molecule has 1 aromatic heterocycles. The third-order valence-corrected chi connectivity index (χ3v) is 4.29. The molecule has 0 aliphatic heterocycles. The van der Waals surface area contributed by atoms with Gasteiger partial charge in [0.25, 0.3) is 0 Å². The van der Waals surface area contributed by atoms with Gasteiger partial charge in [0.15, 0.2) is 0 Å². The largest absolute Gasteiger partial charge is 0.398 e. The molecule has 1 aliphatic rings. The topological polar surface area (TPSA) is 30.9 Å². The molecule has 2 nitrogen and oxygen atoms in total. The van der Waals surface area contributed by atoms with Gasteiger partial charge in [-0.05, 0) is 36.6 Å². The zero-order valence-electron chi connectivity index (χ0n) is 12.1. The summed E-state index contributed by atoms with van der Waals surface area (Å²) in [5.74, 6) is 0.561. The van der Waals surface area contributed by atoms with Crippen LogP contribution < -0.4 is 5.73 Å². The lowest BCUT2D eigenvalue weighted by Crippen LogP contribution is -2.08. The molecule has 1 aliphatic carbocycles. The highest BCUT2D eigenvalue weighted by Crippen LogP contribution is 2.37. The summed E-state index contributed by atoms with van der Waals surface area (Å²) in [5, 5.41) is 1.18. The molecule has 2 heteroatoms. The number of rotatable bonds is 1. The highest BCUT2D eigenvalue weighted by Gasteiger charge is 2.21. The van der Waals surface area contributed by atoms with Crippen molar-refractivity contribution in [2.24, 2.45) is 5.92 Å². The maximum atomic E-state index is 6.26. The number of hydrogen-bond acceptors (Lipinski definition) is 1. The normalized spacial score (nSPS) is 17.1. The Morgan fingerprint density at radius 1 is 1.05 bits per heavy atom. The van der Waals surface area contributed by atoms with Crippen LogP contribution in [0.4, 0.5) is 5.69 Å². The predicted octanol–water partition coefficient (Wildman–Crippen LogP) is 4.42. The number of para-hydroxylation sites is 1. The van der Waals surface area contributed by atoms with Crippen molar-refractivity contribution in [3.63, 3.8) is 0 Å². The van der Waals surface area contributed by atoms with Crippen LogP contribution in [-0.2, 0) is 6.42 Å². The van der Waals surface area contributed by atoms with Crippen LogP contribution >= 0.6 is 0 Å². The van der Waals surface area contributed by atoms with Crippen molar-refractivity contribution in [3.05, 3.63) is 65.9 Å². The summed E-state index contributed by atoms with van der Waals surface area (Å²) in [6.45, 7) is 2.26. The van der Waals surface area contributed by atoms with Gasteiger partial charge in [-0.1, -0.05) is 43.3 Å². The van der Waals surface area contributed by atoms with E-state index in [1.54, 1.807) is 0 Å². The van der Waals surface area contributed by atoms with Crippen LogP contribution in [0.1, 0.15) is 18.2 Å². The van der Waals surface area contributed by atoms with E-state index in [1.807, 2.05) is 12.1 Å². The number of hydrogen-bond donors (Lipinski definition) is 1. The van der Waals surface area contributed by atoms with Crippen molar-refractivity contribution in [1.29, 1.82) is 0 Å². The van der Waals surface area contributed by atoms with Crippen molar-refractivity contribution in [1.82, 2.24) is 4.57 Å². The van der Waals surface area contributed by atoms with Gasteiger partial charge in [0, 0.05) is 28.0 Å². The van der Waals surface area contributed by atoms with Gasteiger partial charge in [0.1, 0.15) is 0 Å². The minimum atomic E-state index is 0.561. The smallest absolute Gasteiger partial charge is 0.0558 e. The van der Waals surface area contributed by atoms with Crippen LogP contribution in [-0.4, -0.2) is 4.57 Å². The van der Waals surface area contributed by atoms with Crippen LogP contribution in [0.3, 0.4) is 0 Å². The number of benzene rings is 2. The van der Waals surface area contributed by atoms with E-state index in [0.717, 1.165) is 12.1 Å². The summed E-state index contributed by atoms with van der Waals surface area (Å²) in [5.41, 5.74) is 12.2. The van der Waals surface area contributed by atoms with Gasteiger partial charge < -0.3 is 10.3 Å². The average Bonchev–Trinajstić information content (AvgIpc) is 2.82. The Labute approximate surface area is 124 Å². The molecule has 0 spiro atoms. The zero-order valence-corrected chi connectivity index (χ0v) is 12.1. The average molecular weight is 274 g/mol. The molecule has 2 aromatic carbocycles. The molecule has 21 heavy (non-hydrogen) atoms. The van der Waals surface area contributed by atoms with Crippen LogP contribution in [0.25, 0.3) is 22.7 Å². The molecule has 1 atom stereocenters. The minimum Gasteiger partial charge on any atom is -0.398 e. The summed E-state index contributed by atoms with van der Waals surface area (Å²) in [7, 11) is 0. The first-order chi connectivity index (χ1) is 10.3. The standard InChI is InChI=1S/C19H18N2/c1-13-10-11-15-18(12-13)21(14-6-3-2-4-7-14)17-9-5-8-16(20)19(15)17/h2-11,13H,12,20H2,1H3. The summed E-state index contributed by atoms with van der Waals surface area (Å²) in [4.78, 5) is 0. The number of anilines is 1. The highest BCUT2D eigenvalue weighted by atomic mass is 15.0. The summed E-state index contributed by atoms with van der Waals surface area (Å²) >= 11 is 0. The molecular formula is C19H18N2. The van der Waals surface area contributed by atoms with Crippen LogP contribution in [0, 0.1) is 5.92 Å². The van der Waals surface area contributed by atoms with E-state index >= 15 is 0 Å². The maximum absolute atomic E-state index is 6.26. The van der Waals surface area contributed by atoms with Crippen molar-refractivity contribution >= 4 is 22.7 Å². The number of nitrogens with two attached hydrogens (primary N) is 1. The Bertz CT molecular complexity index is 841. The fourth-order valence-electron chi connectivity index (χ4n) is 3.33. The Morgan fingerprint density at radius 2 is 1.86 bits per heavy atom. The second-order valence-corrected chi connectivity index (χ2v) is 5.81. The van der Waals surface area contributed by atoms with E-state index in [4.69, 9.17) is 5.73 Å². The summed E-state index contributed by atoms with van der Waals surface area (Å²) < 4.78 is 2.36. The Hall–Kier alpha value is -2.48. The molecular weight excluding hydrogens is 256 g/mol. The first-order valence-corrected chi connectivity index (χ1v) is 7.41. The third-order valence-electron chi connectivity index (χ3n) is 4.29. The number of nitrogen functional groups attached to an aromatic ring is 1. The molecule has 1 unspecified atom stereocenters. The summed E-state index contributed by atoms with van der Waals surface area (Å²) in [6.07, 6.45) is 5.57. The highest BCUT2D eigenvalue weighted by molar-refractivity contribution is 6.01. The SMILES string of the molecule is CC1C=Cc2c(n(-c3ccccc3)c3cccc(N)c23)C1. The first-order valence-electron chi connectivity index (χ1n) is 7.41. The molecule has 2 N–H and O–H groups in total. The molecule has 1 heterocycles. The van der Waals surface area contributed by atoms with Crippen molar-refractivity contribution < 1.29 is 0 Å². The number of nitrogens with zero attached hydrogens (tertiary/aromatic N) is 1.